The van der Waals surface area contributed by atoms with Crippen LogP contribution in [0.3, 0.4) is 0 Å². The van der Waals surface area contributed by atoms with Crippen LogP contribution in [-0.2, 0) is 24.4 Å². The highest BCUT2D eigenvalue weighted by atomic mass is 127. The third kappa shape index (κ3) is 7.46. The second-order valence-electron chi connectivity index (χ2n) is 7.42. The molecule has 0 fully saturated rings. The minimum atomic E-state index is 0. The largest absolute Gasteiger partial charge is 0.491 e. The first-order valence-corrected chi connectivity index (χ1v) is 10.1. The van der Waals surface area contributed by atoms with E-state index >= 15 is 0 Å². The number of aliphatic imine (C=N–C) groups is 1. The number of ether oxygens (including phenoxy) is 2. The number of rotatable bonds is 9. The first-order chi connectivity index (χ1) is 13.8. The monoisotopic (exact) mass is 529 g/mol. The Balaban J connectivity index is 0.00000450. The van der Waals surface area contributed by atoms with Gasteiger partial charge in [0.25, 0.3) is 0 Å². The molecular formula is C22H36IN5O2. The third-order valence-corrected chi connectivity index (χ3v) is 4.73. The molecule has 1 aromatic heterocycles. The van der Waals surface area contributed by atoms with Gasteiger partial charge in [0.15, 0.2) is 5.96 Å². The quantitative estimate of drug-likeness (QED) is 0.294. The minimum absolute atomic E-state index is 0. The SMILES string of the molecule is CN=C(NCc1ccc(C)cc1OC(C)C)NCc1c(C)nn(CCOC)c1C.I. The van der Waals surface area contributed by atoms with Gasteiger partial charge in [0.2, 0.25) is 0 Å². The molecule has 30 heavy (non-hydrogen) atoms. The molecule has 2 aromatic rings. The lowest BCUT2D eigenvalue weighted by molar-refractivity contribution is 0.182. The van der Waals surface area contributed by atoms with Crippen molar-refractivity contribution in [2.24, 2.45) is 4.99 Å². The minimum Gasteiger partial charge on any atom is -0.491 e. The van der Waals surface area contributed by atoms with Crippen LogP contribution in [0, 0.1) is 20.8 Å². The van der Waals surface area contributed by atoms with Crippen LogP contribution in [0.2, 0.25) is 0 Å². The second kappa shape index (κ2) is 12.8. The first-order valence-electron chi connectivity index (χ1n) is 10.1. The summed E-state index contributed by atoms with van der Waals surface area (Å²) in [5.74, 6) is 1.65. The van der Waals surface area contributed by atoms with E-state index in [0.717, 1.165) is 35.2 Å². The number of aromatic nitrogens is 2. The number of hydrogen-bond donors (Lipinski definition) is 2. The summed E-state index contributed by atoms with van der Waals surface area (Å²) in [5.41, 5.74) is 5.64. The maximum absolute atomic E-state index is 5.97. The van der Waals surface area contributed by atoms with Crippen LogP contribution in [0.15, 0.2) is 23.2 Å². The molecule has 1 aromatic carbocycles. The van der Waals surface area contributed by atoms with Gasteiger partial charge in [0.1, 0.15) is 5.75 Å². The average molecular weight is 529 g/mol. The summed E-state index contributed by atoms with van der Waals surface area (Å²) in [6.07, 6.45) is 0.133. The predicted octanol–water partition coefficient (Wildman–Crippen LogP) is 3.73. The van der Waals surface area contributed by atoms with Crippen LogP contribution in [0.4, 0.5) is 0 Å². The van der Waals surface area contributed by atoms with E-state index in [1.165, 1.54) is 11.1 Å². The van der Waals surface area contributed by atoms with Crippen molar-refractivity contribution in [1.29, 1.82) is 0 Å². The van der Waals surface area contributed by atoms with Crippen molar-refractivity contribution in [2.45, 2.75) is 60.4 Å². The van der Waals surface area contributed by atoms with Gasteiger partial charge in [0.05, 0.1) is 24.9 Å². The maximum atomic E-state index is 5.97. The van der Waals surface area contributed by atoms with E-state index in [1.54, 1.807) is 14.2 Å². The number of nitrogens with one attached hydrogen (secondary N) is 2. The number of halogens is 1. The van der Waals surface area contributed by atoms with Gasteiger partial charge in [-0.3, -0.25) is 9.67 Å². The summed E-state index contributed by atoms with van der Waals surface area (Å²) in [5, 5.41) is 11.4. The normalized spacial score (nSPS) is 11.4. The lowest BCUT2D eigenvalue weighted by Gasteiger charge is -2.17. The smallest absolute Gasteiger partial charge is 0.191 e. The Kier molecular flexibility index (Phi) is 11.2. The maximum Gasteiger partial charge on any atom is 0.191 e. The van der Waals surface area contributed by atoms with Crippen molar-refractivity contribution in [2.75, 3.05) is 20.8 Å². The van der Waals surface area contributed by atoms with E-state index in [9.17, 15) is 0 Å². The van der Waals surface area contributed by atoms with E-state index < -0.39 is 0 Å². The van der Waals surface area contributed by atoms with Crippen LogP contribution in [0.25, 0.3) is 0 Å². The summed E-state index contributed by atoms with van der Waals surface area (Å²) < 4.78 is 13.1. The van der Waals surface area contributed by atoms with Crippen LogP contribution in [0.1, 0.15) is 41.9 Å². The molecule has 168 valence electrons. The van der Waals surface area contributed by atoms with Crippen LogP contribution < -0.4 is 15.4 Å². The van der Waals surface area contributed by atoms with E-state index in [2.05, 4.69) is 52.8 Å². The summed E-state index contributed by atoms with van der Waals surface area (Å²) in [7, 11) is 3.48. The molecule has 0 saturated heterocycles. The van der Waals surface area contributed by atoms with Crippen molar-refractivity contribution >= 4 is 29.9 Å². The second-order valence-corrected chi connectivity index (χ2v) is 7.42. The fourth-order valence-corrected chi connectivity index (χ4v) is 3.13. The summed E-state index contributed by atoms with van der Waals surface area (Å²) in [4.78, 5) is 4.35. The summed E-state index contributed by atoms with van der Waals surface area (Å²) in [6.45, 7) is 13.0. The molecule has 0 bridgehead atoms. The number of methoxy groups -OCH3 is 1. The van der Waals surface area contributed by atoms with Crippen LogP contribution in [0.5, 0.6) is 5.75 Å². The zero-order valence-electron chi connectivity index (χ0n) is 19.2. The van der Waals surface area contributed by atoms with Gasteiger partial charge in [-0.25, -0.2) is 0 Å². The Hall–Kier alpha value is -1.81. The van der Waals surface area contributed by atoms with Gasteiger partial charge in [-0.05, 0) is 46.2 Å². The molecule has 0 aliphatic heterocycles. The number of aryl methyl sites for hydroxylation is 2. The lowest BCUT2D eigenvalue weighted by atomic mass is 10.1. The number of benzene rings is 1. The van der Waals surface area contributed by atoms with Crippen molar-refractivity contribution in [3.05, 3.63) is 46.3 Å². The number of guanidine groups is 1. The van der Waals surface area contributed by atoms with E-state index in [4.69, 9.17) is 9.47 Å². The van der Waals surface area contributed by atoms with Gasteiger partial charge in [0, 0.05) is 44.1 Å². The summed E-state index contributed by atoms with van der Waals surface area (Å²) >= 11 is 0. The van der Waals surface area contributed by atoms with E-state index in [-0.39, 0.29) is 30.1 Å². The van der Waals surface area contributed by atoms with Crippen molar-refractivity contribution in [3.63, 3.8) is 0 Å². The fourth-order valence-electron chi connectivity index (χ4n) is 3.13. The number of hydrogen-bond acceptors (Lipinski definition) is 4. The van der Waals surface area contributed by atoms with Crippen molar-refractivity contribution in [1.82, 2.24) is 20.4 Å². The Bertz CT molecular complexity index is 833. The molecule has 0 aliphatic rings. The molecule has 0 amide bonds. The zero-order chi connectivity index (χ0) is 21.4. The zero-order valence-corrected chi connectivity index (χ0v) is 21.5. The standard InChI is InChI=1S/C22H35N5O2.HI/c1-15(2)29-21-12-16(3)8-9-19(21)13-24-22(23-6)25-14-20-17(4)26-27(18(20)5)10-11-28-7;/h8-9,12,15H,10-11,13-14H2,1-7H3,(H2,23,24,25);1H. The topological polar surface area (TPSA) is 72.7 Å². The molecule has 0 aliphatic carbocycles. The molecule has 8 heteroatoms. The van der Waals surface area contributed by atoms with Gasteiger partial charge in [-0.1, -0.05) is 12.1 Å². The predicted molar refractivity (Wildman–Crippen MR) is 133 cm³/mol. The van der Waals surface area contributed by atoms with Crippen LogP contribution >= 0.6 is 24.0 Å². The van der Waals surface area contributed by atoms with E-state index in [0.29, 0.717) is 19.7 Å². The van der Waals surface area contributed by atoms with Gasteiger partial charge in [-0.15, -0.1) is 24.0 Å². The van der Waals surface area contributed by atoms with Crippen molar-refractivity contribution in [3.8, 4) is 5.75 Å². The summed E-state index contributed by atoms with van der Waals surface area (Å²) in [6, 6.07) is 6.28. The number of nitrogens with zero attached hydrogens (tertiary/aromatic N) is 3. The van der Waals surface area contributed by atoms with Gasteiger partial charge >= 0.3 is 0 Å². The highest BCUT2D eigenvalue weighted by molar-refractivity contribution is 14.0. The molecule has 0 radical (unpaired) electrons. The lowest BCUT2D eigenvalue weighted by Crippen LogP contribution is -2.36. The molecule has 0 spiro atoms. The van der Waals surface area contributed by atoms with E-state index in [1.807, 2.05) is 25.5 Å². The highest BCUT2D eigenvalue weighted by Crippen LogP contribution is 2.21. The molecule has 0 atom stereocenters. The first kappa shape index (κ1) is 26.2. The Labute approximate surface area is 197 Å². The van der Waals surface area contributed by atoms with Gasteiger partial charge in [-0.2, -0.15) is 5.10 Å². The Morgan fingerprint density at radius 3 is 2.50 bits per heavy atom. The molecule has 7 nitrogen and oxygen atoms in total. The van der Waals surface area contributed by atoms with Crippen LogP contribution in [-0.4, -0.2) is 42.6 Å². The molecule has 2 N–H and O–H groups in total. The van der Waals surface area contributed by atoms with Crippen molar-refractivity contribution < 1.29 is 9.47 Å². The van der Waals surface area contributed by atoms with Gasteiger partial charge < -0.3 is 20.1 Å². The Morgan fingerprint density at radius 2 is 1.87 bits per heavy atom. The molecule has 0 saturated carbocycles. The third-order valence-electron chi connectivity index (χ3n) is 4.73. The molecule has 2 rings (SSSR count). The fraction of sp³-hybridized carbons (Fsp3) is 0.545. The Morgan fingerprint density at radius 1 is 1.17 bits per heavy atom. The highest BCUT2D eigenvalue weighted by Gasteiger charge is 2.12. The molecular weight excluding hydrogens is 493 g/mol. The molecule has 1 heterocycles. The average Bonchev–Trinajstić information content (AvgIpc) is 2.94. The molecule has 0 unspecified atom stereocenters.